The Morgan fingerprint density at radius 3 is 2.30 bits per heavy atom. The van der Waals surface area contributed by atoms with Gasteiger partial charge in [0, 0.05) is 22.3 Å². The van der Waals surface area contributed by atoms with E-state index in [1.54, 1.807) is 30.3 Å². The van der Waals surface area contributed by atoms with Gasteiger partial charge in [-0.05, 0) is 52.2 Å². The number of benzene rings is 2. The highest BCUT2D eigenvalue weighted by Gasteiger charge is 2.10. The van der Waals surface area contributed by atoms with Crippen LogP contribution in [0.3, 0.4) is 0 Å². The molecule has 120 valence electrons. The van der Waals surface area contributed by atoms with Crippen LogP contribution < -0.4 is 10.6 Å². The number of rotatable bonds is 5. The summed E-state index contributed by atoms with van der Waals surface area (Å²) >= 11 is 3.36. The van der Waals surface area contributed by atoms with E-state index in [4.69, 9.17) is 0 Å². The predicted octanol–water partition coefficient (Wildman–Crippen LogP) is 4.69. The van der Waals surface area contributed by atoms with Crippen molar-refractivity contribution in [3.63, 3.8) is 0 Å². The van der Waals surface area contributed by atoms with Crippen LogP contribution in [0.5, 0.6) is 0 Å². The molecule has 2 N–H and O–H groups in total. The fraction of sp³-hybridized carbons (Fsp3) is 0.222. The third-order valence-corrected chi connectivity index (χ3v) is 3.81. The SMILES string of the molecule is CC(C)CC(=O)Nc1cccc(NC(=O)c2ccccc2Br)c1. The zero-order valence-electron chi connectivity index (χ0n) is 13.1. The van der Waals surface area contributed by atoms with Gasteiger partial charge in [0.05, 0.1) is 5.56 Å². The summed E-state index contributed by atoms with van der Waals surface area (Å²) < 4.78 is 0.735. The van der Waals surface area contributed by atoms with Crippen LogP contribution in [0, 0.1) is 5.92 Å². The number of anilines is 2. The Hall–Kier alpha value is -2.14. The number of carbonyl (C=O) groups is 2. The molecule has 0 spiro atoms. The third-order valence-electron chi connectivity index (χ3n) is 3.12. The minimum absolute atomic E-state index is 0.0331. The van der Waals surface area contributed by atoms with Crippen LogP contribution in [0.4, 0.5) is 11.4 Å². The number of hydrogen-bond donors (Lipinski definition) is 2. The Morgan fingerprint density at radius 1 is 1.00 bits per heavy atom. The Labute approximate surface area is 144 Å². The summed E-state index contributed by atoms with van der Waals surface area (Å²) in [5.74, 6) is 0.0609. The van der Waals surface area contributed by atoms with Gasteiger partial charge < -0.3 is 10.6 Å². The van der Waals surface area contributed by atoms with Gasteiger partial charge in [-0.15, -0.1) is 0 Å². The van der Waals surface area contributed by atoms with E-state index in [9.17, 15) is 9.59 Å². The van der Waals surface area contributed by atoms with Gasteiger partial charge in [0.25, 0.3) is 5.91 Å². The molecule has 0 bridgehead atoms. The maximum atomic E-state index is 12.3. The molecular formula is C18H19BrN2O2. The Bertz CT molecular complexity index is 714. The molecule has 0 aliphatic heterocycles. The van der Waals surface area contributed by atoms with Crippen LogP contribution in [-0.2, 0) is 4.79 Å². The Balaban J connectivity index is 2.07. The van der Waals surface area contributed by atoms with Gasteiger partial charge in [0.15, 0.2) is 0 Å². The van der Waals surface area contributed by atoms with Crippen molar-refractivity contribution in [3.8, 4) is 0 Å². The number of hydrogen-bond acceptors (Lipinski definition) is 2. The van der Waals surface area contributed by atoms with Gasteiger partial charge in [-0.3, -0.25) is 9.59 Å². The highest BCUT2D eigenvalue weighted by molar-refractivity contribution is 9.10. The molecule has 0 aromatic heterocycles. The number of amides is 2. The van der Waals surface area contributed by atoms with Crippen LogP contribution >= 0.6 is 15.9 Å². The molecule has 0 unspecified atom stereocenters. The topological polar surface area (TPSA) is 58.2 Å². The van der Waals surface area contributed by atoms with Crippen LogP contribution in [-0.4, -0.2) is 11.8 Å². The molecule has 4 nitrogen and oxygen atoms in total. The van der Waals surface area contributed by atoms with Gasteiger partial charge in [-0.25, -0.2) is 0 Å². The van der Waals surface area contributed by atoms with Gasteiger partial charge in [0.2, 0.25) is 5.91 Å². The molecule has 2 amide bonds. The van der Waals surface area contributed by atoms with Crippen molar-refractivity contribution >= 4 is 39.1 Å². The van der Waals surface area contributed by atoms with Crippen molar-refractivity contribution in [1.29, 1.82) is 0 Å². The monoisotopic (exact) mass is 374 g/mol. The van der Waals surface area contributed by atoms with Crippen molar-refractivity contribution < 1.29 is 9.59 Å². The molecule has 0 atom stereocenters. The molecule has 0 aliphatic rings. The van der Waals surface area contributed by atoms with Gasteiger partial charge >= 0.3 is 0 Å². The van der Waals surface area contributed by atoms with Crippen molar-refractivity contribution in [3.05, 3.63) is 58.6 Å². The zero-order valence-corrected chi connectivity index (χ0v) is 14.7. The molecular weight excluding hydrogens is 356 g/mol. The van der Waals surface area contributed by atoms with Crippen LogP contribution in [0.25, 0.3) is 0 Å². The summed E-state index contributed by atoms with van der Waals surface area (Å²) in [7, 11) is 0. The summed E-state index contributed by atoms with van der Waals surface area (Å²) in [6.45, 7) is 3.99. The lowest BCUT2D eigenvalue weighted by Gasteiger charge is -2.10. The van der Waals surface area contributed by atoms with Gasteiger partial charge in [0.1, 0.15) is 0 Å². The molecule has 0 radical (unpaired) electrons. The highest BCUT2D eigenvalue weighted by Crippen LogP contribution is 2.20. The quantitative estimate of drug-likeness (QED) is 0.797. The number of halogens is 1. The van der Waals surface area contributed by atoms with E-state index in [1.807, 2.05) is 32.0 Å². The summed E-state index contributed by atoms with van der Waals surface area (Å²) in [5.41, 5.74) is 1.86. The highest BCUT2D eigenvalue weighted by atomic mass is 79.9. The standard InChI is InChI=1S/C18H19BrN2O2/c1-12(2)10-17(22)20-13-6-5-7-14(11-13)21-18(23)15-8-3-4-9-16(15)19/h3-9,11-12H,10H2,1-2H3,(H,20,22)(H,21,23). The molecule has 0 aliphatic carbocycles. The van der Waals surface area contributed by atoms with Crippen molar-refractivity contribution in [2.45, 2.75) is 20.3 Å². The van der Waals surface area contributed by atoms with E-state index in [-0.39, 0.29) is 11.8 Å². The normalized spacial score (nSPS) is 10.4. The smallest absolute Gasteiger partial charge is 0.256 e. The lowest BCUT2D eigenvalue weighted by Crippen LogP contribution is -2.15. The van der Waals surface area contributed by atoms with Crippen molar-refractivity contribution in [2.24, 2.45) is 5.92 Å². The van der Waals surface area contributed by atoms with E-state index in [0.29, 0.717) is 29.3 Å². The van der Waals surface area contributed by atoms with E-state index in [1.165, 1.54) is 0 Å². The van der Waals surface area contributed by atoms with Crippen LogP contribution in [0.2, 0.25) is 0 Å². The van der Waals surface area contributed by atoms with Crippen LogP contribution in [0.1, 0.15) is 30.6 Å². The zero-order chi connectivity index (χ0) is 16.8. The first-order chi connectivity index (χ1) is 11.0. The van der Waals surface area contributed by atoms with E-state index >= 15 is 0 Å². The van der Waals surface area contributed by atoms with E-state index in [2.05, 4.69) is 26.6 Å². The maximum Gasteiger partial charge on any atom is 0.256 e. The van der Waals surface area contributed by atoms with Crippen LogP contribution in [0.15, 0.2) is 53.0 Å². The molecule has 2 aromatic carbocycles. The molecule has 0 saturated heterocycles. The fourth-order valence-corrected chi connectivity index (χ4v) is 2.57. The summed E-state index contributed by atoms with van der Waals surface area (Å²) in [6.07, 6.45) is 0.466. The number of carbonyl (C=O) groups excluding carboxylic acids is 2. The largest absolute Gasteiger partial charge is 0.326 e. The summed E-state index contributed by atoms with van der Waals surface area (Å²) in [6, 6.07) is 14.3. The number of nitrogens with one attached hydrogen (secondary N) is 2. The van der Waals surface area contributed by atoms with Crippen molar-refractivity contribution in [2.75, 3.05) is 10.6 Å². The predicted molar refractivity (Wildman–Crippen MR) is 96.6 cm³/mol. The molecule has 0 saturated carbocycles. The molecule has 5 heteroatoms. The molecule has 2 aromatic rings. The van der Waals surface area contributed by atoms with Gasteiger partial charge in [-0.2, -0.15) is 0 Å². The lowest BCUT2D eigenvalue weighted by atomic mass is 10.1. The first kappa shape index (κ1) is 17.2. The third kappa shape index (κ3) is 5.21. The first-order valence-corrected chi connectivity index (χ1v) is 8.21. The minimum Gasteiger partial charge on any atom is -0.326 e. The fourth-order valence-electron chi connectivity index (χ4n) is 2.10. The average Bonchev–Trinajstić information content (AvgIpc) is 2.47. The first-order valence-electron chi connectivity index (χ1n) is 7.41. The molecule has 0 fully saturated rings. The van der Waals surface area contributed by atoms with E-state index in [0.717, 1.165) is 4.47 Å². The molecule has 2 rings (SSSR count). The Morgan fingerprint density at radius 2 is 1.65 bits per heavy atom. The molecule has 0 heterocycles. The average molecular weight is 375 g/mol. The summed E-state index contributed by atoms with van der Waals surface area (Å²) in [5, 5.41) is 5.67. The second-order valence-corrected chi connectivity index (χ2v) is 6.52. The van der Waals surface area contributed by atoms with E-state index < -0.39 is 0 Å². The lowest BCUT2D eigenvalue weighted by molar-refractivity contribution is -0.116. The molecule has 23 heavy (non-hydrogen) atoms. The maximum absolute atomic E-state index is 12.3. The second kappa shape index (κ2) is 7.92. The summed E-state index contributed by atoms with van der Waals surface area (Å²) in [4.78, 5) is 24.1. The van der Waals surface area contributed by atoms with Crippen molar-refractivity contribution in [1.82, 2.24) is 0 Å². The second-order valence-electron chi connectivity index (χ2n) is 5.66. The Kier molecular flexibility index (Phi) is 5.93. The van der Waals surface area contributed by atoms with Gasteiger partial charge in [-0.1, -0.05) is 32.0 Å². The minimum atomic E-state index is -0.205.